The van der Waals surface area contributed by atoms with Gasteiger partial charge in [0.1, 0.15) is 0 Å². The molecule has 0 saturated carbocycles. The Morgan fingerprint density at radius 3 is 2.29 bits per heavy atom. The van der Waals surface area contributed by atoms with Gasteiger partial charge in [0.25, 0.3) is 0 Å². The molecule has 0 aliphatic heterocycles. The molecule has 1 aromatic rings. The molecule has 0 amide bonds. The summed E-state index contributed by atoms with van der Waals surface area (Å²) in [5.74, 6) is 0. The smallest absolute Gasteiger partial charge is 0.0104 e. The number of rotatable bonds is 4. The van der Waals surface area contributed by atoms with Crippen LogP contribution in [0.15, 0.2) is 30.3 Å². The Bertz CT molecular complexity index is 235. The molecule has 0 radical (unpaired) electrons. The first-order valence-corrected chi connectivity index (χ1v) is 4.98. The van der Waals surface area contributed by atoms with Gasteiger partial charge in [0.2, 0.25) is 0 Å². The zero-order chi connectivity index (χ0) is 9.68. The lowest BCUT2D eigenvalue weighted by Crippen LogP contribution is -2.30. The highest BCUT2D eigenvalue weighted by Gasteiger charge is 2.06. The van der Waals surface area contributed by atoms with Crippen molar-refractivity contribution in [1.29, 1.82) is 0 Å². The van der Waals surface area contributed by atoms with Gasteiger partial charge in [-0.3, -0.25) is 0 Å². The molecule has 1 nitrogen and oxygen atoms in total. The summed E-state index contributed by atoms with van der Waals surface area (Å²) in [6.45, 7) is 5.59. The van der Waals surface area contributed by atoms with E-state index in [-0.39, 0.29) is 12.4 Å². The lowest BCUT2D eigenvalue weighted by Gasteiger charge is -2.22. The van der Waals surface area contributed by atoms with Crippen molar-refractivity contribution < 1.29 is 0 Å². The molecule has 0 aliphatic rings. The fraction of sp³-hybridized carbons (Fsp3) is 0.500. The van der Waals surface area contributed by atoms with Crippen LogP contribution in [0.4, 0.5) is 0 Å². The fourth-order valence-corrected chi connectivity index (χ4v) is 1.42. The van der Waals surface area contributed by atoms with Crippen molar-refractivity contribution in [2.75, 3.05) is 13.6 Å². The van der Waals surface area contributed by atoms with Crippen molar-refractivity contribution in [2.45, 2.75) is 26.3 Å². The summed E-state index contributed by atoms with van der Waals surface area (Å²) in [4.78, 5) is 2.37. The van der Waals surface area contributed by atoms with Gasteiger partial charge in [-0.2, -0.15) is 0 Å². The predicted octanol–water partition coefficient (Wildman–Crippen LogP) is 2.99. The number of hydrogen-bond acceptors (Lipinski definition) is 1. The quantitative estimate of drug-likeness (QED) is 0.744. The largest absolute Gasteiger partial charge is 0.304 e. The number of hydrogen-bond donors (Lipinski definition) is 0. The fourth-order valence-electron chi connectivity index (χ4n) is 1.42. The van der Waals surface area contributed by atoms with Gasteiger partial charge >= 0.3 is 0 Å². The van der Waals surface area contributed by atoms with E-state index in [9.17, 15) is 0 Å². The highest BCUT2D eigenvalue weighted by Crippen LogP contribution is 2.06. The second-order valence-corrected chi connectivity index (χ2v) is 3.61. The van der Waals surface area contributed by atoms with Crippen molar-refractivity contribution in [3.8, 4) is 0 Å². The minimum Gasteiger partial charge on any atom is -0.304 e. The molecule has 2 heteroatoms. The third kappa shape index (κ3) is 4.12. The first-order valence-electron chi connectivity index (χ1n) is 4.98. The Balaban J connectivity index is 0.00000169. The van der Waals surface area contributed by atoms with Crippen LogP contribution in [0.2, 0.25) is 0 Å². The van der Waals surface area contributed by atoms with E-state index < -0.39 is 0 Å². The molecule has 0 aromatic heterocycles. The molecular weight excluding hydrogens is 194 g/mol. The van der Waals surface area contributed by atoms with Crippen LogP contribution in [0.25, 0.3) is 0 Å². The van der Waals surface area contributed by atoms with Crippen LogP contribution >= 0.6 is 12.4 Å². The van der Waals surface area contributed by atoms with Crippen LogP contribution in [0.5, 0.6) is 0 Å². The predicted molar refractivity (Wildman–Crippen MR) is 65.2 cm³/mol. The first kappa shape index (κ1) is 13.5. The van der Waals surface area contributed by atoms with Gasteiger partial charge in [0.05, 0.1) is 0 Å². The van der Waals surface area contributed by atoms with Crippen LogP contribution in [-0.4, -0.2) is 24.5 Å². The Morgan fingerprint density at radius 1 is 1.21 bits per heavy atom. The minimum atomic E-state index is 0. The second-order valence-electron chi connectivity index (χ2n) is 3.61. The van der Waals surface area contributed by atoms with E-state index in [0.717, 1.165) is 13.0 Å². The highest BCUT2D eigenvalue weighted by atomic mass is 35.5. The van der Waals surface area contributed by atoms with Crippen LogP contribution in [0.3, 0.4) is 0 Å². The third-order valence-corrected chi connectivity index (χ3v) is 2.63. The van der Waals surface area contributed by atoms with Gasteiger partial charge in [-0.15, -0.1) is 12.4 Å². The van der Waals surface area contributed by atoms with Crippen molar-refractivity contribution in [3.63, 3.8) is 0 Å². The van der Waals surface area contributed by atoms with E-state index in [4.69, 9.17) is 0 Å². The third-order valence-electron chi connectivity index (χ3n) is 2.63. The number of likely N-dealkylation sites (N-methyl/N-ethyl adjacent to an activating group) is 1. The van der Waals surface area contributed by atoms with Gasteiger partial charge in [-0.1, -0.05) is 37.3 Å². The molecule has 0 N–H and O–H groups in total. The van der Waals surface area contributed by atoms with Gasteiger partial charge < -0.3 is 4.90 Å². The number of halogens is 1. The normalized spacial score (nSPS) is 12.3. The number of benzene rings is 1. The monoisotopic (exact) mass is 213 g/mol. The zero-order valence-corrected chi connectivity index (χ0v) is 10.1. The van der Waals surface area contributed by atoms with Gasteiger partial charge in [0.15, 0.2) is 0 Å². The molecule has 1 atom stereocenters. The van der Waals surface area contributed by atoms with Crippen molar-refractivity contribution >= 4 is 12.4 Å². The number of nitrogens with zero attached hydrogens (tertiary/aromatic N) is 1. The average molecular weight is 214 g/mol. The molecule has 14 heavy (non-hydrogen) atoms. The second kappa shape index (κ2) is 6.86. The molecule has 0 heterocycles. The van der Waals surface area contributed by atoms with E-state index in [1.807, 2.05) is 0 Å². The SMILES string of the molecule is CCN(C)C(C)Cc1ccccc1.Cl. The van der Waals surface area contributed by atoms with E-state index >= 15 is 0 Å². The lowest BCUT2D eigenvalue weighted by atomic mass is 10.1. The Hall–Kier alpha value is -0.530. The Morgan fingerprint density at radius 2 is 1.79 bits per heavy atom. The Labute approximate surface area is 93.5 Å². The summed E-state index contributed by atoms with van der Waals surface area (Å²) in [6.07, 6.45) is 1.14. The van der Waals surface area contributed by atoms with Crippen molar-refractivity contribution in [1.82, 2.24) is 4.90 Å². The highest BCUT2D eigenvalue weighted by molar-refractivity contribution is 5.85. The van der Waals surface area contributed by atoms with Crippen molar-refractivity contribution in [2.24, 2.45) is 0 Å². The molecular formula is C12H20ClN. The van der Waals surface area contributed by atoms with Crippen molar-refractivity contribution in [3.05, 3.63) is 35.9 Å². The standard InChI is InChI=1S/C12H19N.ClH/c1-4-13(3)11(2)10-12-8-6-5-7-9-12;/h5-9,11H,4,10H2,1-3H3;1H. The molecule has 1 rings (SSSR count). The molecule has 0 aliphatic carbocycles. The topological polar surface area (TPSA) is 3.24 Å². The van der Waals surface area contributed by atoms with Crippen LogP contribution in [0, 0.1) is 0 Å². The molecule has 0 bridgehead atoms. The summed E-state index contributed by atoms with van der Waals surface area (Å²) >= 11 is 0. The molecule has 1 unspecified atom stereocenters. The molecule has 80 valence electrons. The van der Waals surface area contributed by atoms with Gasteiger partial charge in [-0.25, -0.2) is 0 Å². The maximum Gasteiger partial charge on any atom is 0.0104 e. The average Bonchev–Trinajstić information content (AvgIpc) is 2.18. The van der Waals surface area contributed by atoms with Gasteiger partial charge in [0, 0.05) is 6.04 Å². The lowest BCUT2D eigenvalue weighted by molar-refractivity contribution is 0.270. The molecule has 0 saturated heterocycles. The Kier molecular flexibility index (Phi) is 6.60. The van der Waals surface area contributed by atoms with E-state index in [0.29, 0.717) is 6.04 Å². The summed E-state index contributed by atoms with van der Waals surface area (Å²) in [5.41, 5.74) is 1.43. The molecule has 0 fully saturated rings. The first-order chi connectivity index (χ1) is 6.24. The molecule has 1 aromatic carbocycles. The van der Waals surface area contributed by atoms with E-state index in [2.05, 4.69) is 56.1 Å². The molecule has 0 spiro atoms. The van der Waals surface area contributed by atoms with E-state index in [1.54, 1.807) is 0 Å². The van der Waals surface area contributed by atoms with Crippen LogP contribution in [0.1, 0.15) is 19.4 Å². The maximum atomic E-state index is 2.37. The summed E-state index contributed by atoms with van der Waals surface area (Å²) in [6, 6.07) is 11.3. The summed E-state index contributed by atoms with van der Waals surface area (Å²) in [7, 11) is 2.17. The van der Waals surface area contributed by atoms with Crippen LogP contribution < -0.4 is 0 Å². The van der Waals surface area contributed by atoms with Gasteiger partial charge in [-0.05, 0) is 32.5 Å². The zero-order valence-electron chi connectivity index (χ0n) is 9.23. The maximum absolute atomic E-state index is 2.37. The summed E-state index contributed by atoms with van der Waals surface area (Å²) < 4.78 is 0. The minimum absolute atomic E-state index is 0. The van der Waals surface area contributed by atoms with E-state index in [1.165, 1.54) is 5.56 Å². The summed E-state index contributed by atoms with van der Waals surface area (Å²) in [5, 5.41) is 0. The van der Waals surface area contributed by atoms with Crippen LogP contribution in [-0.2, 0) is 6.42 Å².